The fraction of sp³-hybridized carbons (Fsp3) is 0.389. The van der Waals surface area contributed by atoms with Gasteiger partial charge in [-0.15, -0.1) is 0 Å². The van der Waals surface area contributed by atoms with Crippen LogP contribution in [0.4, 0.5) is 11.5 Å². The van der Waals surface area contributed by atoms with Gasteiger partial charge in [0.1, 0.15) is 12.1 Å². The van der Waals surface area contributed by atoms with E-state index in [0.717, 1.165) is 49.7 Å². The molecule has 25 heavy (non-hydrogen) atoms. The number of nitrogens with zero attached hydrogens (tertiary/aromatic N) is 6. The zero-order valence-electron chi connectivity index (χ0n) is 14.6. The third kappa shape index (κ3) is 3.02. The van der Waals surface area contributed by atoms with Crippen molar-refractivity contribution in [2.45, 2.75) is 6.54 Å². The van der Waals surface area contributed by atoms with Gasteiger partial charge < -0.3 is 14.5 Å². The Labute approximate surface area is 146 Å². The lowest BCUT2D eigenvalue weighted by Gasteiger charge is -2.31. The number of hydrogen-bond donors (Lipinski definition) is 0. The molecule has 0 atom stereocenters. The van der Waals surface area contributed by atoms with Gasteiger partial charge in [0.2, 0.25) is 0 Å². The van der Waals surface area contributed by atoms with Gasteiger partial charge in [-0.3, -0.25) is 4.68 Å². The molecule has 1 fully saturated rings. The van der Waals surface area contributed by atoms with Crippen LogP contribution in [0.25, 0.3) is 11.0 Å². The van der Waals surface area contributed by atoms with E-state index >= 15 is 0 Å². The number of fused-ring (bicyclic) bond motifs is 1. The van der Waals surface area contributed by atoms with Crippen molar-refractivity contribution in [2.24, 2.45) is 7.05 Å². The normalized spacial score (nSPS) is 14.9. The van der Waals surface area contributed by atoms with Crippen molar-refractivity contribution in [1.82, 2.24) is 19.7 Å². The van der Waals surface area contributed by atoms with Crippen LogP contribution in [0.2, 0.25) is 0 Å². The molecule has 3 heterocycles. The summed E-state index contributed by atoms with van der Waals surface area (Å²) in [6.45, 7) is 4.20. The third-order valence-electron chi connectivity index (χ3n) is 4.62. The third-order valence-corrected chi connectivity index (χ3v) is 4.62. The molecule has 0 unspecified atom stereocenters. The molecule has 0 radical (unpaired) electrons. The summed E-state index contributed by atoms with van der Waals surface area (Å²) in [7, 11) is 3.96. The Balaban J connectivity index is 1.63. The summed E-state index contributed by atoms with van der Waals surface area (Å²) in [5, 5.41) is 5.27. The second-order valence-electron chi connectivity index (χ2n) is 6.29. The van der Waals surface area contributed by atoms with Crippen LogP contribution >= 0.6 is 0 Å². The highest BCUT2D eigenvalue weighted by Gasteiger charge is 2.17. The molecule has 130 valence electrons. The summed E-state index contributed by atoms with van der Waals surface area (Å²) in [4.78, 5) is 13.4. The number of aromatic nitrogens is 4. The first-order valence-electron chi connectivity index (χ1n) is 8.48. The van der Waals surface area contributed by atoms with E-state index in [1.165, 1.54) is 11.3 Å². The second kappa shape index (κ2) is 6.68. The molecule has 1 aliphatic rings. The number of hydrogen-bond acceptors (Lipinski definition) is 6. The van der Waals surface area contributed by atoms with Crippen LogP contribution < -0.4 is 9.80 Å². The highest BCUT2D eigenvalue weighted by Crippen LogP contribution is 2.26. The van der Waals surface area contributed by atoms with E-state index < -0.39 is 0 Å². The summed E-state index contributed by atoms with van der Waals surface area (Å²) < 4.78 is 7.26. The van der Waals surface area contributed by atoms with Crippen molar-refractivity contribution in [3.8, 4) is 0 Å². The Kier molecular flexibility index (Phi) is 4.23. The van der Waals surface area contributed by atoms with Crippen LogP contribution in [-0.2, 0) is 18.3 Å². The van der Waals surface area contributed by atoms with Gasteiger partial charge >= 0.3 is 0 Å². The first-order chi connectivity index (χ1) is 12.2. The van der Waals surface area contributed by atoms with Gasteiger partial charge in [0.05, 0.1) is 24.8 Å². The van der Waals surface area contributed by atoms with E-state index in [1.54, 1.807) is 11.0 Å². The lowest BCUT2D eigenvalue weighted by molar-refractivity contribution is 0.122. The smallest absolute Gasteiger partial charge is 0.163 e. The van der Waals surface area contributed by atoms with Crippen LogP contribution in [-0.4, -0.2) is 53.1 Å². The fourth-order valence-electron chi connectivity index (χ4n) is 3.34. The SMILES string of the molecule is CN(Cc1ccccc1N1CCOCC1)c1ncnc2c1cnn2C. The van der Waals surface area contributed by atoms with E-state index in [2.05, 4.69) is 56.2 Å². The molecule has 2 aromatic heterocycles. The molecule has 0 spiro atoms. The topological polar surface area (TPSA) is 59.3 Å². The molecule has 0 aliphatic carbocycles. The maximum absolute atomic E-state index is 5.48. The first kappa shape index (κ1) is 15.8. The average molecular weight is 338 g/mol. The zero-order chi connectivity index (χ0) is 17.2. The molecular weight excluding hydrogens is 316 g/mol. The van der Waals surface area contributed by atoms with Crippen LogP contribution in [0.15, 0.2) is 36.8 Å². The summed E-state index contributed by atoms with van der Waals surface area (Å²) in [5.41, 5.74) is 3.40. The zero-order valence-corrected chi connectivity index (χ0v) is 14.6. The van der Waals surface area contributed by atoms with Gasteiger partial charge in [-0.05, 0) is 11.6 Å². The lowest BCUT2D eigenvalue weighted by atomic mass is 10.1. The van der Waals surface area contributed by atoms with Crippen LogP contribution in [0, 0.1) is 0 Å². The minimum atomic E-state index is 0.772. The van der Waals surface area contributed by atoms with Gasteiger partial charge in [0, 0.05) is 39.4 Å². The predicted molar refractivity (Wildman–Crippen MR) is 97.9 cm³/mol. The molecule has 7 nitrogen and oxygen atoms in total. The number of morpholine rings is 1. The largest absolute Gasteiger partial charge is 0.378 e. The number of ether oxygens (including phenoxy) is 1. The van der Waals surface area contributed by atoms with Crippen molar-refractivity contribution in [3.63, 3.8) is 0 Å². The van der Waals surface area contributed by atoms with E-state index in [-0.39, 0.29) is 0 Å². The molecule has 7 heteroatoms. The number of aryl methyl sites for hydroxylation is 1. The molecule has 1 aromatic carbocycles. The Morgan fingerprint density at radius 3 is 2.80 bits per heavy atom. The lowest BCUT2D eigenvalue weighted by Crippen LogP contribution is -2.37. The molecule has 1 saturated heterocycles. The molecule has 4 rings (SSSR count). The van der Waals surface area contributed by atoms with Crippen LogP contribution in [0.5, 0.6) is 0 Å². The Bertz CT molecular complexity index is 871. The van der Waals surface area contributed by atoms with Crippen molar-refractivity contribution in [2.75, 3.05) is 43.2 Å². The molecule has 1 aliphatic heterocycles. The van der Waals surface area contributed by atoms with E-state index in [1.807, 2.05) is 13.2 Å². The van der Waals surface area contributed by atoms with Gasteiger partial charge in [-0.25, -0.2) is 9.97 Å². The molecule has 0 N–H and O–H groups in total. The molecular formula is C18H22N6O. The van der Waals surface area contributed by atoms with E-state index in [0.29, 0.717) is 0 Å². The number of rotatable bonds is 4. The molecule has 0 saturated carbocycles. The molecule has 0 amide bonds. The summed E-state index contributed by atoms with van der Waals surface area (Å²) in [6.07, 6.45) is 3.43. The predicted octanol–water partition coefficient (Wildman–Crippen LogP) is 1.84. The van der Waals surface area contributed by atoms with Gasteiger partial charge in [0.15, 0.2) is 5.65 Å². The maximum Gasteiger partial charge on any atom is 0.163 e. The summed E-state index contributed by atoms with van der Waals surface area (Å²) in [5.74, 6) is 0.898. The summed E-state index contributed by atoms with van der Waals surface area (Å²) >= 11 is 0. The average Bonchev–Trinajstić information content (AvgIpc) is 3.04. The Hall–Kier alpha value is -2.67. The monoisotopic (exact) mass is 338 g/mol. The van der Waals surface area contributed by atoms with Crippen LogP contribution in [0.3, 0.4) is 0 Å². The first-order valence-corrected chi connectivity index (χ1v) is 8.48. The maximum atomic E-state index is 5.48. The fourth-order valence-corrected chi connectivity index (χ4v) is 3.34. The quantitative estimate of drug-likeness (QED) is 0.723. The molecule has 0 bridgehead atoms. The van der Waals surface area contributed by atoms with E-state index in [4.69, 9.17) is 4.74 Å². The van der Waals surface area contributed by atoms with Crippen molar-refractivity contribution >= 4 is 22.5 Å². The van der Waals surface area contributed by atoms with Crippen molar-refractivity contribution in [3.05, 3.63) is 42.4 Å². The Morgan fingerprint density at radius 2 is 1.96 bits per heavy atom. The highest BCUT2D eigenvalue weighted by molar-refractivity contribution is 5.86. The minimum absolute atomic E-state index is 0.772. The number of benzene rings is 1. The Morgan fingerprint density at radius 1 is 1.16 bits per heavy atom. The molecule has 3 aromatic rings. The van der Waals surface area contributed by atoms with Crippen molar-refractivity contribution in [1.29, 1.82) is 0 Å². The van der Waals surface area contributed by atoms with Crippen LogP contribution in [0.1, 0.15) is 5.56 Å². The highest BCUT2D eigenvalue weighted by atomic mass is 16.5. The van der Waals surface area contributed by atoms with Gasteiger partial charge in [-0.1, -0.05) is 18.2 Å². The number of anilines is 2. The van der Waals surface area contributed by atoms with Crippen molar-refractivity contribution < 1.29 is 4.74 Å². The minimum Gasteiger partial charge on any atom is -0.378 e. The second-order valence-corrected chi connectivity index (χ2v) is 6.29. The van der Waals surface area contributed by atoms with Gasteiger partial charge in [0.25, 0.3) is 0 Å². The van der Waals surface area contributed by atoms with E-state index in [9.17, 15) is 0 Å². The van der Waals surface area contributed by atoms with Gasteiger partial charge in [-0.2, -0.15) is 5.10 Å². The number of para-hydroxylation sites is 1. The standard InChI is InChI=1S/C18H22N6O/c1-22(17-15-11-21-23(2)18(15)20-13-19-17)12-14-5-3-4-6-16(14)24-7-9-25-10-8-24/h3-6,11,13H,7-10,12H2,1-2H3. The summed E-state index contributed by atoms with van der Waals surface area (Å²) in [6, 6.07) is 8.56.